The van der Waals surface area contributed by atoms with E-state index in [9.17, 15) is 0 Å². The summed E-state index contributed by atoms with van der Waals surface area (Å²) in [4.78, 5) is 2.73. The molecule has 3 nitrogen and oxygen atoms in total. The lowest BCUT2D eigenvalue weighted by molar-refractivity contribution is -0.00477. The number of nitrogens with zero attached hydrogens (tertiary/aromatic N) is 1. The van der Waals surface area contributed by atoms with Crippen LogP contribution in [0.5, 0.6) is 0 Å². The maximum Gasteiger partial charge on any atom is 0.0472 e. The first-order valence-electron chi connectivity index (χ1n) is 8.34. The summed E-state index contributed by atoms with van der Waals surface area (Å²) in [5.41, 5.74) is 0.461. The van der Waals surface area contributed by atoms with Crippen molar-refractivity contribution in [3.8, 4) is 0 Å². The van der Waals surface area contributed by atoms with Crippen LogP contribution in [0.1, 0.15) is 39.5 Å². The molecule has 2 aliphatic heterocycles. The Bertz CT molecular complexity index is 306. The van der Waals surface area contributed by atoms with Gasteiger partial charge in [-0.1, -0.05) is 13.8 Å². The average molecular weight is 298 g/mol. The summed E-state index contributed by atoms with van der Waals surface area (Å²) in [6, 6.07) is 0.824. The highest BCUT2D eigenvalue weighted by Gasteiger charge is 2.37. The summed E-state index contributed by atoms with van der Waals surface area (Å²) >= 11 is 2.15. The van der Waals surface area contributed by atoms with Crippen LogP contribution in [0, 0.1) is 5.41 Å². The molecule has 2 saturated heterocycles. The molecular formula is C16H30N2OS. The zero-order valence-corrected chi connectivity index (χ0v) is 13.9. The van der Waals surface area contributed by atoms with Gasteiger partial charge in [-0.05, 0) is 31.1 Å². The van der Waals surface area contributed by atoms with Crippen LogP contribution in [0.4, 0.5) is 0 Å². The molecule has 0 spiro atoms. The Labute approximate surface area is 128 Å². The van der Waals surface area contributed by atoms with Gasteiger partial charge in [-0.3, -0.25) is 0 Å². The van der Waals surface area contributed by atoms with Crippen LogP contribution < -0.4 is 5.32 Å². The third-order valence-corrected chi connectivity index (χ3v) is 6.18. The van der Waals surface area contributed by atoms with Crippen molar-refractivity contribution in [2.24, 2.45) is 5.41 Å². The minimum absolute atomic E-state index is 0.461. The van der Waals surface area contributed by atoms with E-state index in [0.717, 1.165) is 29.8 Å². The van der Waals surface area contributed by atoms with E-state index in [2.05, 4.69) is 35.8 Å². The van der Waals surface area contributed by atoms with Crippen molar-refractivity contribution in [3.63, 3.8) is 0 Å². The Morgan fingerprint density at radius 2 is 1.80 bits per heavy atom. The Hall–Kier alpha value is 0.230. The standard InChI is InChI=1S/C16H30N2OS/c1-13-9-18(10-14(2)20-13)12-16(5-7-19-8-6-16)11-17-15-3-4-15/h13-15,17H,3-12H2,1-2H3. The van der Waals surface area contributed by atoms with Gasteiger partial charge >= 0.3 is 0 Å². The Kier molecular flexibility index (Phi) is 4.96. The molecule has 4 heteroatoms. The van der Waals surface area contributed by atoms with Gasteiger partial charge in [0.05, 0.1) is 0 Å². The van der Waals surface area contributed by atoms with Crippen LogP contribution in [0.25, 0.3) is 0 Å². The van der Waals surface area contributed by atoms with Gasteiger partial charge < -0.3 is 15.0 Å². The molecule has 2 heterocycles. The molecule has 1 N–H and O–H groups in total. The molecule has 2 unspecified atom stereocenters. The van der Waals surface area contributed by atoms with Crippen molar-refractivity contribution < 1.29 is 4.74 Å². The average Bonchev–Trinajstić information content (AvgIpc) is 3.20. The quantitative estimate of drug-likeness (QED) is 0.842. The molecule has 0 bridgehead atoms. The number of nitrogens with one attached hydrogen (secondary N) is 1. The van der Waals surface area contributed by atoms with Crippen LogP contribution in [0.3, 0.4) is 0 Å². The number of hydrogen-bond acceptors (Lipinski definition) is 4. The van der Waals surface area contributed by atoms with Crippen molar-refractivity contribution in [3.05, 3.63) is 0 Å². The minimum atomic E-state index is 0.461. The third-order valence-electron chi connectivity index (χ3n) is 4.95. The van der Waals surface area contributed by atoms with Crippen LogP contribution in [-0.2, 0) is 4.74 Å². The molecule has 116 valence electrons. The van der Waals surface area contributed by atoms with Gasteiger partial charge in [-0.25, -0.2) is 0 Å². The van der Waals surface area contributed by atoms with Crippen molar-refractivity contribution in [1.29, 1.82) is 0 Å². The van der Waals surface area contributed by atoms with Gasteiger partial charge in [0.25, 0.3) is 0 Å². The number of rotatable bonds is 5. The highest BCUT2D eigenvalue weighted by molar-refractivity contribution is 8.00. The fraction of sp³-hybridized carbons (Fsp3) is 1.00. The lowest BCUT2D eigenvalue weighted by Crippen LogP contribution is -2.51. The molecule has 2 atom stereocenters. The maximum absolute atomic E-state index is 5.63. The van der Waals surface area contributed by atoms with Crippen molar-refractivity contribution >= 4 is 11.8 Å². The topological polar surface area (TPSA) is 24.5 Å². The fourth-order valence-corrected chi connectivity index (χ4v) is 5.12. The largest absolute Gasteiger partial charge is 0.381 e. The second-order valence-corrected chi connectivity index (χ2v) is 9.10. The molecule has 0 aromatic heterocycles. The van der Waals surface area contributed by atoms with Crippen LogP contribution in [-0.4, -0.2) is 60.8 Å². The van der Waals surface area contributed by atoms with Crippen molar-refractivity contribution in [1.82, 2.24) is 10.2 Å². The molecule has 1 saturated carbocycles. The molecule has 0 aromatic rings. The molecule has 3 fully saturated rings. The second kappa shape index (κ2) is 6.55. The Morgan fingerprint density at radius 1 is 1.15 bits per heavy atom. The summed E-state index contributed by atoms with van der Waals surface area (Å²) in [5.74, 6) is 0. The van der Waals surface area contributed by atoms with Gasteiger partial charge in [0, 0.05) is 55.9 Å². The highest BCUT2D eigenvalue weighted by Crippen LogP contribution is 2.34. The van der Waals surface area contributed by atoms with E-state index >= 15 is 0 Å². The summed E-state index contributed by atoms with van der Waals surface area (Å²) in [7, 11) is 0. The van der Waals surface area contributed by atoms with Crippen molar-refractivity contribution in [2.45, 2.75) is 56.1 Å². The summed E-state index contributed by atoms with van der Waals surface area (Å²) in [5, 5.41) is 5.36. The molecule has 3 aliphatic rings. The highest BCUT2D eigenvalue weighted by atomic mass is 32.2. The number of hydrogen-bond donors (Lipinski definition) is 1. The summed E-state index contributed by atoms with van der Waals surface area (Å²) in [6.07, 6.45) is 5.25. The normalized spacial score (nSPS) is 35.1. The van der Waals surface area contributed by atoms with E-state index in [-0.39, 0.29) is 0 Å². The maximum atomic E-state index is 5.63. The van der Waals surface area contributed by atoms with Gasteiger partial charge in [-0.2, -0.15) is 11.8 Å². The summed E-state index contributed by atoms with van der Waals surface area (Å²) < 4.78 is 5.63. The first-order valence-corrected chi connectivity index (χ1v) is 9.28. The van der Waals surface area contributed by atoms with Gasteiger partial charge in [-0.15, -0.1) is 0 Å². The van der Waals surface area contributed by atoms with E-state index in [1.54, 1.807) is 0 Å². The van der Waals surface area contributed by atoms with E-state index in [0.29, 0.717) is 5.41 Å². The molecular weight excluding hydrogens is 268 g/mol. The van der Waals surface area contributed by atoms with Gasteiger partial charge in [0.15, 0.2) is 0 Å². The zero-order chi connectivity index (χ0) is 14.0. The first-order chi connectivity index (χ1) is 9.65. The molecule has 20 heavy (non-hydrogen) atoms. The molecule has 0 radical (unpaired) electrons. The van der Waals surface area contributed by atoms with E-state index in [1.165, 1.54) is 51.9 Å². The Morgan fingerprint density at radius 3 is 2.40 bits per heavy atom. The lowest BCUT2D eigenvalue weighted by atomic mass is 9.79. The molecule has 0 amide bonds. The lowest BCUT2D eigenvalue weighted by Gasteiger charge is -2.44. The van der Waals surface area contributed by atoms with E-state index in [4.69, 9.17) is 4.74 Å². The van der Waals surface area contributed by atoms with E-state index in [1.807, 2.05) is 0 Å². The first kappa shape index (κ1) is 15.1. The van der Waals surface area contributed by atoms with Crippen molar-refractivity contribution in [2.75, 3.05) is 39.4 Å². The smallest absolute Gasteiger partial charge is 0.0472 e. The molecule has 1 aliphatic carbocycles. The minimum Gasteiger partial charge on any atom is -0.381 e. The van der Waals surface area contributed by atoms with Crippen LogP contribution >= 0.6 is 11.8 Å². The summed E-state index contributed by atoms with van der Waals surface area (Å²) in [6.45, 7) is 11.7. The predicted octanol–water partition coefficient (Wildman–Crippen LogP) is 2.36. The molecule has 3 rings (SSSR count). The van der Waals surface area contributed by atoms with Gasteiger partial charge in [0.1, 0.15) is 0 Å². The SMILES string of the molecule is CC1CN(CC2(CNC3CC3)CCOCC2)CC(C)S1. The monoisotopic (exact) mass is 298 g/mol. The number of thioether (sulfide) groups is 1. The fourth-order valence-electron chi connectivity index (χ4n) is 3.73. The second-order valence-electron chi connectivity index (χ2n) is 7.22. The zero-order valence-electron chi connectivity index (χ0n) is 13.1. The molecule has 0 aromatic carbocycles. The van der Waals surface area contributed by atoms with E-state index < -0.39 is 0 Å². The number of ether oxygens (including phenoxy) is 1. The van der Waals surface area contributed by atoms with Crippen LogP contribution in [0.2, 0.25) is 0 Å². The van der Waals surface area contributed by atoms with Crippen LogP contribution in [0.15, 0.2) is 0 Å². The van der Waals surface area contributed by atoms with Gasteiger partial charge in [0.2, 0.25) is 0 Å². The third kappa shape index (κ3) is 4.12. The Balaban J connectivity index is 1.59. The predicted molar refractivity (Wildman–Crippen MR) is 86.5 cm³/mol.